The molecule has 192 valence electrons. The molecule has 1 aliphatic rings. The molecule has 1 saturated heterocycles. The van der Waals surface area contributed by atoms with E-state index in [1.807, 2.05) is 56.3 Å². The van der Waals surface area contributed by atoms with Crippen molar-refractivity contribution in [2.24, 2.45) is 0 Å². The van der Waals surface area contributed by atoms with Crippen molar-refractivity contribution in [3.05, 3.63) is 66.5 Å². The van der Waals surface area contributed by atoms with Crippen LogP contribution in [0.15, 0.2) is 60.9 Å². The Bertz CT molecular complexity index is 1360. The molecular formula is C29H34N6O2. The number of anilines is 2. The van der Waals surface area contributed by atoms with Gasteiger partial charge in [0.25, 0.3) is 0 Å². The van der Waals surface area contributed by atoms with Gasteiger partial charge in [-0.25, -0.2) is 15.0 Å². The summed E-state index contributed by atoms with van der Waals surface area (Å²) in [6.45, 7) is 6.46. The second-order valence-electron chi connectivity index (χ2n) is 9.47. The normalized spacial score (nSPS) is 16.4. The standard InChI is InChI=1S/C29H34N6O2/c1-3-21(36)18-33-25-10-4-8-23-22(25)12-11-19(2)27(23)37-28-24(9-6-15-31-28)26-13-16-32-29(35-26)34-20-7-5-14-30-17-20/h4,6,8-13,15-16,20-21,30,33,36H,3,5,7,14,17-18H2,1-2H3,(H,32,34,35)/t20-,21+/m0/s1. The minimum Gasteiger partial charge on any atom is -0.437 e. The maximum absolute atomic E-state index is 10.0. The van der Waals surface area contributed by atoms with Crippen LogP contribution in [0, 0.1) is 6.92 Å². The summed E-state index contributed by atoms with van der Waals surface area (Å²) in [7, 11) is 0. The van der Waals surface area contributed by atoms with Crippen molar-refractivity contribution in [2.75, 3.05) is 30.3 Å². The number of nitrogens with one attached hydrogen (secondary N) is 3. The first-order chi connectivity index (χ1) is 18.1. The molecular weight excluding hydrogens is 464 g/mol. The first-order valence-electron chi connectivity index (χ1n) is 13.0. The number of hydrogen-bond donors (Lipinski definition) is 4. The van der Waals surface area contributed by atoms with Crippen LogP contribution in [0.25, 0.3) is 22.0 Å². The number of ether oxygens (including phenoxy) is 1. The Kier molecular flexibility index (Phi) is 7.77. The van der Waals surface area contributed by atoms with Crippen molar-refractivity contribution in [1.82, 2.24) is 20.3 Å². The summed E-state index contributed by atoms with van der Waals surface area (Å²) in [6, 6.07) is 16.2. The molecule has 2 aromatic carbocycles. The van der Waals surface area contributed by atoms with Crippen LogP contribution >= 0.6 is 0 Å². The van der Waals surface area contributed by atoms with E-state index in [4.69, 9.17) is 9.72 Å². The summed E-state index contributed by atoms with van der Waals surface area (Å²) in [6.07, 6.45) is 6.03. The van der Waals surface area contributed by atoms with Gasteiger partial charge in [-0.2, -0.15) is 0 Å². The zero-order valence-electron chi connectivity index (χ0n) is 21.4. The van der Waals surface area contributed by atoms with E-state index < -0.39 is 6.10 Å². The monoisotopic (exact) mass is 498 g/mol. The predicted molar refractivity (Wildman–Crippen MR) is 148 cm³/mol. The topological polar surface area (TPSA) is 104 Å². The largest absolute Gasteiger partial charge is 0.437 e. The molecule has 5 rings (SSSR count). The second kappa shape index (κ2) is 11.5. The van der Waals surface area contributed by atoms with Gasteiger partial charge in [0.1, 0.15) is 5.75 Å². The summed E-state index contributed by atoms with van der Waals surface area (Å²) < 4.78 is 6.52. The molecule has 1 aliphatic heterocycles. The van der Waals surface area contributed by atoms with E-state index in [0.717, 1.165) is 65.0 Å². The average molecular weight is 499 g/mol. The second-order valence-corrected chi connectivity index (χ2v) is 9.47. The number of aliphatic hydroxyl groups excluding tert-OH is 1. The van der Waals surface area contributed by atoms with Gasteiger partial charge in [0.05, 0.1) is 17.4 Å². The van der Waals surface area contributed by atoms with E-state index in [0.29, 0.717) is 30.8 Å². The number of piperidine rings is 1. The fraction of sp³-hybridized carbons (Fsp3) is 0.345. The first-order valence-corrected chi connectivity index (χ1v) is 13.0. The van der Waals surface area contributed by atoms with Crippen molar-refractivity contribution in [2.45, 2.75) is 45.3 Å². The SMILES string of the molecule is CC[C@@H](O)CNc1cccc2c(Oc3ncccc3-c3ccnc(N[C@H]4CCCNC4)n3)c(C)ccc12. The minimum absolute atomic E-state index is 0.313. The van der Waals surface area contributed by atoms with Crippen molar-refractivity contribution >= 4 is 22.4 Å². The molecule has 0 amide bonds. The van der Waals surface area contributed by atoms with Gasteiger partial charge in [0.2, 0.25) is 11.8 Å². The van der Waals surface area contributed by atoms with Crippen LogP contribution in [-0.2, 0) is 0 Å². The Balaban J connectivity index is 1.45. The number of aryl methyl sites for hydroxylation is 1. The van der Waals surface area contributed by atoms with E-state index >= 15 is 0 Å². The van der Waals surface area contributed by atoms with Gasteiger partial charge in [0.15, 0.2) is 0 Å². The minimum atomic E-state index is -0.394. The molecule has 0 bridgehead atoms. The lowest BCUT2D eigenvalue weighted by molar-refractivity contribution is 0.183. The summed E-state index contributed by atoms with van der Waals surface area (Å²) in [4.78, 5) is 13.8. The van der Waals surface area contributed by atoms with Gasteiger partial charge in [0, 0.05) is 48.0 Å². The third-order valence-corrected chi connectivity index (χ3v) is 6.74. The molecule has 0 radical (unpaired) electrons. The van der Waals surface area contributed by atoms with E-state index in [9.17, 15) is 5.11 Å². The van der Waals surface area contributed by atoms with Gasteiger partial charge < -0.3 is 25.8 Å². The van der Waals surface area contributed by atoms with E-state index in [1.54, 1.807) is 12.4 Å². The third kappa shape index (κ3) is 5.81. The van der Waals surface area contributed by atoms with Gasteiger partial charge in [-0.15, -0.1) is 0 Å². The third-order valence-electron chi connectivity index (χ3n) is 6.74. The number of nitrogens with zero attached hydrogens (tertiary/aromatic N) is 3. The maximum Gasteiger partial charge on any atom is 0.228 e. The zero-order chi connectivity index (χ0) is 25.6. The predicted octanol–water partition coefficient (Wildman–Crippen LogP) is 5.14. The summed E-state index contributed by atoms with van der Waals surface area (Å²) >= 11 is 0. The zero-order valence-corrected chi connectivity index (χ0v) is 21.4. The molecule has 0 spiro atoms. The number of aromatic nitrogens is 3. The van der Waals surface area contributed by atoms with Crippen LogP contribution in [-0.4, -0.2) is 51.8 Å². The number of hydrogen-bond acceptors (Lipinski definition) is 8. The number of aliphatic hydroxyl groups is 1. The molecule has 0 aliphatic carbocycles. The summed E-state index contributed by atoms with van der Waals surface area (Å²) in [5.74, 6) is 1.84. The van der Waals surface area contributed by atoms with Crippen LogP contribution in [0.5, 0.6) is 11.6 Å². The van der Waals surface area contributed by atoms with E-state index in [2.05, 4.69) is 32.0 Å². The molecule has 2 atom stereocenters. The van der Waals surface area contributed by atoms with Crippen LogP contribution in [0.1, 0.15) is 31.7 Å². The molecule has 2 aromatic heterocycles. The van der Waals surface area contributed by atoms with E-state index in [1.165, 1.54) is 0 Å². The lowest BCUT2D eigenvalue weighted by Gasteiger charge is -2.23. The van der Waals surface area contributed by atoms with Gasteiger partial charge in [-0.05, 0) is 62.6 Å². The maximum atomic E-state index is 10.0. The lowest BCUT2D eigenvalue weighted by atomic mass is 10.0. The van der Waals surface area contributed by atoms with Crippen LogP contribution < -0.4 is 20.7 Å². The Morgan fingerprint density at radius 2 is 2.00 bits per heavy atom. The molecule has 37 heavy (non-hydrogen) atoms. The molecule has 3 heterocycles. The molecule has 0 unspecified atom stereocenters. The summed E-state index contributed by atoms with van der Waals surface area (Å²) in [5, 5.41) is 22.3. The van der Waals surface area contributed by atoms with Gasteiger partial charge in [-0.1, -0.05) is 31.2 Å². The Labute approximate surface area is 217 Å². The first kappa shape index (κ1) is 24.9. The van der Waals surface area contributed by atoms with Gasteiger partial charge in [-0.3, -0.25) is 0 Å². The highest BCUT2D eigenvalue weighted by Gasteiger charge is 2.17. The quantitative estimate of drug-likeness (QED) is 0.252. The average Bonchev–Trinajstić information content (AvgIpc) is 2.94. The number of pyridine rings is 1. The van der Waals surface area contributed by atoms with Gasteiger partial charge >= 0.3 is 0 Å². The van der Waals surface area contributed by atoms with Crippen molar-refractivity contribution in [1.29, 1.82) is 0 Å². The van der Waals surface area contributed by atoms with Crippen LogP contribution in [0.4, 0.5) is 11.6 Å². The fourth-order valence-corrected chi connectivity index (χ4v) is 4.60. The van der Waals surface area contributed by atoms with Crippen LogP contribution in [0.2, 0.25) is 0 Å². The fourth-order valence-electron chi connectivity index (χ4n) is 4.60. The lowest BCUT2D eigenvalue weighted by Crippen LogP contribution is -2.38. The Morgan fingerprint density at radius 1 is 1.08 bits per heavy atom. The Hall–Kier alpha value is -3.75. The molecule has 4 N–H and O–H groups in total. The molecule has 8 heteroatoms. The van der Waals surface area contributed by atoms with E-state index in [-0.39, 0.29) is 0 Å². The molecule has 8 nitrogen and oxygen atoms in total. The van der Waals surface area contributed by atoms with Crippen molar-refractivity contribution in [3.63, 3.8) is 0 Å². The Morgan fingerprint density at radius 3 is 2.84 bits per heavy atom. The number of fused-ring (bicyclic) bond motifs is 1. The highest BCUT2D eigenvalue weighted by Crippen LogP contribution is 2.38. The number of benzene rings is 2. The van der Waals surface area contributed by atoms with Crippen LogP contribution in [0.3, 0.4) is 0 Å². The molecule has 0 saturated carbocycles. The smallest absolute Gasteiger partial charge is 0.228 e. The number of rotatable bonds is 9. The molecule has 1 fully saturated rings. The highest BCUT2D eigenvalue weighted by atomic mass is 16.5. The van der Waals surface area contributed by atoms with Crippen molar-refractivity contribution in [3.8, 4) is 22.9 Å². The highest BCUT2D eigenvalue weighted by molar-refractivity contribution is 5.98. The summed E-state index contributed by atoms with van der Waals surface area (Å²) in [5.41, 5.74) is 3.51. The molecule has 4 aromatic rings. The van der Waals surface area contributed by atoms with Crippen molar-refractivity contribution < 1.29 is 9.84 Å².